The van der Waals surface area contributed by atoms with Crippen LogP contribution in [0.5, 0.6) is 0 Å². The molecule has 0 aliphatic carbocycles. The maximum Gasteiger partial charge on any atom is 0.212 e. The van der Waals surface area contributed by atoms with E-state index >= 15 is 0 Å². The average molecular weight is 360 g/mol. The van der Waals surface area contributed by atoms with Gasteiger partial charge in [0.15, 0.2) is 5.58 Å². The highest BCUT2D eigenvalue weighted by Crippen LogP contribution is 2.45. The Balaban J connectivity index is 1.92. The van der Waals surface area contributed by atoms with Crippen LogP contribution in [-0.2, 0) is 0 Å². The minimum Gasteiger partial charge on any atom is -0.454 e. The van der Waals surface area contributed by atoms with Crippen LogP contribution in [-0.4, -0.2) is 9.38 Å². The molecule has 130 valence electrons. The number of nitrogens with one attached hydrogen (secondary N) is 1. The number of para-hydroxylation sites is 1. The summed E-state index contributed by atoms with van der Waals surface area (Å²) in [4.78, 5) is 3.59. The number of hydrogen-bond acceptors (Lipinski definition) is 2. The van der Waals surface area contributed by atoms with Gasteiger partial charge in [0.05, 0.1) is 11.8 Å². The van der Waals surface area contributed by atoms with Crippen LogP contribution in [0.4, 0.5) is 0 Å². The lowest BCUT2D eigenvalue weighted by Gasteiger charge is -1.98. The zero-order valence-electron chi connectivity index (χ0n) is 14.6. The van der Waals surface area contributed by atoms with E-state index < -0.39 is 0 Å². The fourth-order valence-corrected chi connectivity index (χ4v) is 5.09. The van der Waals surface area contributed by atoms with Crippen molar-refractivity contribution >= 4 is 71.3 Å². The van der Waals surface area contributed by atoms with Gasteiger partial charge >= 0.3 is 0 Å². The molecule has 4 heteroatoms. The number of hydrogen-bond donors (Lipinski definition) is 1. The number of nitrogens with zero attached hydrogens (tertiary/aromatic N) is 1. The van der Waals surface area contributed by atoms with Crippen LogP contribution in [0.1, 0.15) is 0 Å². The highest BCUT2D eigenvalue weighted by molar-refractivity contribution is 6.32. The summed E-state index contributed by atoms with van der Waals surface area (Å²) >= 11 is 0. The molecule has 0 spiro atoms. The van der Waals surface area contributed by atoms with E-state index in [2.05, 4.69) is 57.9 Å². The maximum absolute atomic E-state index is 6.33. The van der Waals surface area contributed by atoms with E-state index in [1.807, 2.05) is 12.1 Å². The van der Waals surface area contributed by atoms with E-state index in [0.29, 0.717) is 0 Å². The minimum atomic E-state index is 0.850. The molecule has 0 saturated heterocycles. The standard InChI is InChI=1S/C24H12N2O2/c1-2-7-18-14(4-1)22-23(28-18)15-8-9-17-20-19-12(5-3-6-16(19)25-17)13-10-11-27-24(13)26(22)21(15)20/h1-11,25H. The highest BCUT2D eigenvalue weighted by Gasteiger charge is 2.24. The number of aromatic amines is 1. The van der Waals surface area contributed by atoms with Gasteiger partial charge in [-0.3, -0.25) is 4.40 Å². The van der Waals surface area contributed by atoms with Crippen LogP contribution in [0.25, 0.3) is 71.3 Å². The van der Waals surface area contributed by atoms with Gasteiger partial charge < -0.3 is 13.8 Å². The molecule has 0 aliphatic rings. The van der Waals surface area contributed by atoms with Crippen LogP contribution in [0.3, 0.4) is 0 Å². The fraction of sp³-hybridized carbons (Fsp3) is 0. The Kier molecular flexibility index (Phi) is 1.97. The quantitative estimate of drug-likeness (QED) is 0.323. The van der Waals surface area contributed by atoms with E-state index in [0.717, 1.165) is 55.1 Å². The van der Waals surface area contributed by atoms with E-state index in [1.54, 1.807) is 6.26 Å². The zero-order valence-corrected chi connectivity index (χ0v) is 14.6. The Hall–Kier alpha value is -3.92. The van der Waals surface area contributed by atoms with Crippen LogP contribution in [0.15, 0.2) is 75.8 Å². The molecule has 0 atom stereocenters. The van der Waals surface area contributed by atoms with Gasteiger partial charge in [0.1, 0.15) is 11.1 Å². The molecule has 0 amide bonds. The smallest absolute Gasteiger partial charge is 0.212 e. The Morgan fingerprint density at radius 3 is 2.57 bits per heavy atom. The molecule has 5 aromatic heterocycles. The largest absolute Gasteiger partial charge is 0.454 e. The molecule has 0 saturated carbocycles. The molecule has 8 rings (SSSR count). The molecule has 1 N–H and O–H groups in total. The number of fused-ring (bicyclic) bond motifs is 8. The second-order valence-electron chi connectivity index (χ2n) is 7.49. The van der Waals surface area contributed by atoms with Crippen LogP contribution >= 0.6 is 0 Å². The average Bonchev–Trinajstić information content (AvgIpc) is 3.45. The number of furan rings is 2. The van der Waals surface area contributed by atoms with Gasteiger partial charge in [-0.05, 0) is 41.8 Å². The van der Waals surface area contributed by atoms with Crippen molar-refractivity contribution in [3.8, 4) is 0 Å². The molecule has 4 nitrogen and oxygen atoms in total. The van der Waals surface area contributed by atoms with Gasteiger partial charge in [0, 0.05) is 38.0 Å². The highest BCUT2D eigenvalue weighted by atomic mass is 16.3. The lowest BCUT2D eigenvalue weighted by Crippen LogP contribution is -1.83. The maximum atomic E-state index is 6.33. The van der Waals surface area contributed by atoms with Gasteiger partial charge in [-0.1, -0.05) is 24.3 Å². The van der Waals surface area contributed by atoms with Crippen molar-refractivity contribution in [2.45, 2.75) is 0 Å². The van der Waals surface area contributed by atoms with Crippen LogP contribution in [0.2, 0.25) is 0 Å². The van der Waals surface area contributed by atoms with Gasteiger partial charge in [-0.2, -0.15) is 0 Å². The Morgan fingerprint density at radius 2 is 1.57 bits per heavy atom. The summed E-state index contributed by atoms with van der Waals surface area (Å²) in [6.45, 7) is 0. The first-order chi connectivity index (χ1) is 13.9. The second-order valence-corrected chi connectivity index (χ2v) is 7.49. The summed E-state index contributed by atoms with van der Waals surface area (Å²) in [7, 11) is 0. The lowest BCUT2D eigenvalue weighted by molar-refractivity contribution is 0.600. The van der Waals surface area contributed by atoms with Gasteiger partial charge in [0.2, 0.25) is 5.71 Å². The van der Waals surface area contributed by atoms with Crippen molar-refractivity contribution < 1.29 is 8.83 Å². The molecule has 0 unspecified atom stereocenters. The monoisotopic (exact) mass is 360 g/mol. The SMILES string of the molecule is c1ccc2c(c1)oc1c3ccc4[nH]c5cccc6c7ccoc7n(c21)c3c4c56. The first kappa shape index (κ1) is 13.3. The molecule has 0 bridgehead atoms. The Labute approximate surface area is 156 Å². The lowest BCUT2D eigenvalue weighted by atomic mass is 10.1. The van der Waals surface area contributed by atoms with Crippen molar-refractivity contribution in [2.75, 3.05) is 0 Å². The van der Waals surface area contributed by atoms with Gasteiger partial charge in [0.25, 0.3) is 0 Å². The zero-order chi connectivity index (χ0) is 18.0. The number of H-pyrrole nitrogens is 1. The first-order valence-corrected chi connectivity index (χ1v) is 9.37. The normalized spacial score (nSPS) is 13.0. The topological polar surface area (TPSA) is 46.5 Å². The molecule has 28 heavy (non-hydrogen) atoms. The van der Waals surface area contributed by atoms with Crippen LogP contribution in [0, 0.1) is 0 Å². The molecule has 0 aliphatic heterocycles. The van der Waals surface area contributed by atoms with E-state index in [9.17, 15) is 0 Å². The number of rotatable bonds is 0. The van der Waals surface area contributed by atoms with E-state index in [-0.39, 0.29) is 0 Å². The third kappa shape index (κ3) is 1.26. The summed E-state index contributed by atoms with van der Waals surface area (Å²) < 4.78 is 14.7. The third-order valence-corrected chi connectivity index (χ3v) is 6.16. The first-order valence-electron chi connectivity index (χ1n) is 9.37. The summed E-state index contributed by atoms with van der Waals surface area (Å²) in [6, 6.07) is 21.0. The second kappa shape index (κ2) is 4.15. The van der Waals surface area contributed by atoms with Crippen molar-refractivity contribution in [3.63, 3.8) is 0 Å². The van der Waals surface area contributed by atoms with Crippen molar-refractivity contribution in [2.24, 2.45) is 0 Å². The third-order valence-electron chi connectivity index (χ3n) is 6.16. The predicted octanol–water partition coefficient (Wildman–Crippen LogP) is 6.81. The molecule has 0 radical (unpaired) electrons. The Morgan fingerprint density at radius 1 is 0.679 bits per heavy atom. The summed E-state index contributed by atoms with van der Waals surface area (Å²) in [5, 5.41) is 6.98. The summed E-state index contributed by atoms with van der Waals surface area (Å²) in [5.74, 6) is 0. The molecular formula is C24H12N2O2. The summed E-state index contributed by atoms with van der Waals surface area (Å²) in [5.41, 5.74) is 7.14. The molecule has 8 aromatic rings. The number of benzene rings is 3. The van der Waals surface area contributed by atoms with Crippen molar-refractivity contribution in [1.82, 2.24) is 9.38 Å². The van der Waals surface area contributed by atoms with Gasteiger partial charge in [-0.25, -0.2) is 0 Å². The minimum absolute atomic E-state index is 0.850. The number of aromatic nitrogens is 2. The fourth-order valence-electron chi connectivity index (χ4n) is 5.09. The molecular weight excluding hydrogens is 348 g/mol. The molecule has 3 aromatic carbocycles. The molecule has 5 heterocycles. The van der Waals surface area contributed by atoms with E-state index in [1.165, 1.54) is 16.2 Å². The van der Waals surface area contributed by atoms with E-state index in [4.69, 9.17) is 8.83 Å². The Bertz CT molecular complexity index is 1870. The van der Waals surface area contributed by atoms with Gasteiger partial charge in [-0.15, -0.1) is 0 Å². The van der Waals surface area contributed by atoms with Crippen molar-refractivity contribution in [1.29, 1.82) is 0 Å². The predicted molar refractivity (Wildman–Crippen MR) is 113 cm³/mol. The summed E-state index contributed by atoms with van der Waals surface area (Å²) in [6.07, 6.45) is 1.78. The van der Waals surface area contributed by atoms with Crippen molar-refractivity contribution in [3.05, 3.63) is 66.9 Å². The van der Waals surface area contributed by atoms with Crippen LogP contribution < -0.4 is 0 Å². The molecule has 0 fully saturated rings.